The predicted octanol–water partition coefficient (Wildman–Crippen LogP) is 3.57. The molecular weight excluding hydrogens is 410 g/mol. The molecule has 2 aromatic carbocycles. The maximum Gasteiger partial charge on any atom is 0.259 e. The molecule has 0 aliphatic heterocycles. The first kappa shape index (κ1) is 21.1. The molecule has 6 nitrogen and oxygen atoms in total. The summed E-state index contributed by atoms with van der Waals surface area (Å²) in [5.41, 5.74) is 6.10. The SMILES string of the molecule is Cc1c2cccn2c2cc(Cl)ccc2[n+]1N.Cc1cc(C)c(S(=O)(=O)[O-])c(C)c1. The van der Waals surface area contributed by atoms with Crippen LogP contribution in [0.15, 0.2) is 53.6 Å². The molecule has 0 aliphatic carbocycles. The van der Waals surface area contributed by atoms with Crippen LogP contribution in [0.2, 0.25) is 5.02 Å². The van der Waals surface area contributed by atoms with E-state index in [1.54, 1.807) is 30.7 Å². The van der Waals surface area contributed by atoms with Crippen LogP contribution >= 0.6 is 11.6 Å². The van der Waals surface area contributed by atoms with Gasteiger partial charge in [-0.1, -0.05) is 34.0 Å². The van der Waals surface area contributed by atoms with Crippen molar-refractivity contribution in [1.29, 1.82) is 0 Å². The van der Waals surface area contributed by atoms with Crippen LogP contribution in [-0.4, -0.2) is 17.4 Å². The molecule has 0 saturated heterocycles. The molecule has 0 amide bonds. The van der Waals surface area contributed by atoms with Gasteiger partial charge in [0.25, 0.3) is 5.52 Å². The number of aryl methyl sites for hydroxylation is 4. The molecule has 8 heteroatoms. The molecule has 0 unspecified atom stereocenters. The molecule has 4 rings (SSSR count). The zero-order chi connectivity index (χ0) is 21.5. The molecule has 4 aromatic rings. The van der Waals surface area contributed by atoms with Crippen molar-refractivity contribution in [2.45, 2.75) is 32.6 Å². The van der Waals surface area contributed by atoms with Crippen LogP contribution in [0.3, 0.4) is 0 Å². The van der Waals surface area contributed by atoms with Gasteiger partial charge in [-0.3, -0.25) is 0 Å². The van der Waals surface area contributed by atoms with Crippen LogP contribution in [0.1, 0.15) is 22.4 Å². The van der Waals surface area contributed by atoms with E-state index in [4.69, 9.17) is 17.4 Å². The molecule has 0 bridgehead atoms. The van der Waals surface area contributed by atoms with Crippen molar-refractivity contribution >= 4 is 38.3 Å². The number of hydrogen-bond donors (Lipinski definition) is 1. The maximum atomic E-state index is 10.8. The lowest BCUT2D eigenvalue weighted by atomic mass is 10.1. The van der Waals surface area contributed by atoms with Crippen molar-refractivity contribution in [2.75, 3.05) is 5.84 Å². The Labute approximate surface area is 174 Å². The van der Waals surface area contributed by atoms with Crippen LogP contribution in [0.25, 0.3) is 16.6 Å². The first-order valence-corrected chi connectivity index (χ1v) is 10.7. The summed E-state index contributed by atoms with van der Waals surface area (Å²) >= 11 is 6.01. The summed E-state index contributed by atoms with van der Waals surface area (Å²) in [6.45, 7) is 7.13. The Hall–Kier alpha value is -2.61. The maximum absolute atomic E-state index is 10.8. The Bertz CT molecular complexity index is 1320. The van der Waals surface area contributed by atoms with Crippen LogP contribution in [0, 0.1) is 27.7 Å². The van der Waals surface area contributed by atoms with Crippen molar-refractivity contribution in [3.05, 3.63) is 76.1 Å². The first-order valence-electron chi connectivity index (χ1n) is 8.90. The average Bonchev–Trinajstić information content (AvgIpc) is 3.08. The van der Waals surface area contributed by atoms with Gasteiger partial charge in [-0.2, -0.15) is 0 Å². The van der Waals surface area contributed by atoms with Gasteiger partial charge in [0.2, 0.25) is 5.69 Å². The van der Waals surface area contributed by atoms with Gasteiger partial charge in [0, 0.05) is 24.2 Å². The largest absolute Gasteiger partial charge is 0.744 e. The van der Waals surface area contributed by atoms with Crippen LogP contribution < -0.4 is 10.5 Å². The second-order valence-electron chi connectivity index (χ2n) is 7.03. The van der Waals surface area contributed by atoms with E-state index in [0.29, 0.717) is 16.1 Å². The fourth-order valence-electron chi connectivity index (χ4n) is 3.64. The molecule has 2 aromatic heterocycles. The number of nitrogen functional groups attached to an aromatic ring is 1. The lowest BCUT2D eigenvalue weighted by Gasteiger charge is -2.14. The standard InChI is InChI=1S/C12H11ClN3.C9H12O3S/c1-8-10-3-2-6-15(10)12-7-9(13)4-5-11(12)16(8)14;1-6-4-7(2)9(8(3)5-6)13(10,11)12/h2-7H,14H2,1H3;4-5H,1-3H3,(H,10,11,12)/q+1;/p-1. The number of nitrogens with two attached hydrogens (primary N) is 1. The lowest BCUT2D eigenvalue weighted by molar-refractivity contribution is -0.617. The van der Waals surface area contributed by atoms with Crippen LogP contribution in [-0.2, 0) is 10.1 Å². The Balaban J connectivity index is 0.000000170. The zero-order valence-electron chi connectivity index (χ0n) is 16.6. The summed E-state index contributed by atoms with van der Waals surface area (Å²) in [4.78, 5) is -0.0851. The number of aromatic nitrogens is 2. The Morgan fingerprint density at radius 3 is 2.21 bits per heavy atom. The van der Waals surface area contributed by atoms with Crippen molar-refractivity contribution in [3.8, 4) is 0 Å². The fourth-order valence-corrected chi connectivity index (χ4v) is 4.72. The minimum Gasteiger partial charge on any atom is -0.744 e. The minimum absolute atomic E-state index is 0.0851. The van der Waals surface area contributed by atoms with Crippen LogP contribution in [0.5, 0.6) is 0 Å². The third kappa shape index (κ3) is 4.07. The zero-order valence-corrected chi connectivity index (χ0v) is 18.2. The second kappa shape index (κ2) is 7.67. The smallest absolute Gasteiger partial charge is 0.259 e. The Morgan fingerprint density at radius 2 is 1.62 bits per heavy atom. The fraction of sp³-hybridized carbons (Fsp3) is 0.190. The van der Waals surface area contributed by atoms with E-state index in [1.807, 2.05) is 50.4 Å². The average molecular weight is 432 g/mol. The Morgan fingerprint density at radius 1 is 1.00 bits per heavy atom. The molecule has 0 fully saturated rings. The molecule has 0 spiro atoms. The highest BCUT2D eigenvalue weighted by molar-refractivity contribution is 7.85. The third-order valence-electron chi connectivity index (χ3n) is 4.79. The predicted molar refractivity (Wildman–Crippen MR) is 114 cm³/mol. The first-order chi connectivity index (χ1) is 13.5. The van der Waals surface area contributed by atoms with Gasteiger partial charge in [0.1, 0.15) is 21.2 Å². The van der Waals surface area contributed by atoms with Gasteiger partial charge in [-0.15, -0.1) is 0 Å². The number of nitrogens with zero attached hydrogens (tertiary/aromatic N) is 2. The number of fused-ring (bicyclic) bond motifs is 3. The molecule has 2 N–H and O–H groups in total. The molecular formula is C21H22ClN3O3S. The topological polar surface area (TPSA) is 91.5 Å². The quantitative estimate of drug-likeness (QED) is 0.283. The van der Waals surface area contributed by atoms with Crippen molar-refractivity contribution in [2.24, 2.45) is 0 Å². The minimum atomic E-state index is -4.33. The Kier molecular flexibility index (Phi) is 5.58. The lowest BCUT2D eigenvalue weighted by Crippen LogP contribution is -2.48. The molecule has 0 radical (unpaired) electrons. The number of halogens is 1. The molecule has 152 valence electrons. The van der Waals surface area contributed by atoms with Crippen LogP contribution in [0.4, 0.5) is 0 Å². The highest BCUT2D eigenvalue weighted by atomic mass is 35.5. The molecule has 0 aliphatic rings. The van der Waals surface area contributed by atoms with Crippen molar-refractivity contribution < 1.29 is 17.6 Å². The van der Waals surface area contributed by atoms with Gasteiger partial charge >= 0.3 is 0 Å². The summed E-state index contributed by atoms with van der Waals surface area (Å²) < 4.78 is 36.3. The van der Waals surface area contributed by atoms with Gasteiger partial charge < -0.3 is 8.95 Å². The van der Waals surface area contributed by atoms with E-state index >= 15 is 0 Å². The van der Waals surface area contributed by atoms with Gasteiger partial charge in [-0.25, -0.2) is 14.3 Å². The summed E-state index contributed by atoms with van der Waals surface area (Å²) in [5.74, 6) is 6.05. The van der Waals surface area contributed by atoms with E-state index in [-0.39, 0.29) is 4.90 Å². The van der Waals surface area contributed by atoms with Gasteiger partial charge in [0.05, 0.1) is 4.90 Å². The second-order valence-corrected chi connectivity index (χ2v) is 8.79. The normalized spacial score (nSPS) is 11.5. The van der Waals surface area contributed by atoms with E-state index in [2.05, 4.69) is 4.40 Å². The van der Waals surface area contributed by atoms with Crippen molar-refractivity contribution in [3.63, 3.8) is 0 Å². The highest BCUT2D eigenvalue weighted by Gasteiger charge is 2.16. The summed E-state index contributed by atoms with van der Waals surface area (Å²) in [7, 11) is -4.33. The number of benzene rings is 2. The summed E-state index contributed by atoms with van der Waals surface area (Å²) in [6, 6.07) is 13.1. The summed E-state index contributed by atoms with van der Waals surface area (Å²) in [5, 5.41) is 0.714. The molecule has 0 saturated carbocycles. The van der Waals surface area contributed by atoms with Gasteiger partial charge in [0.15, 0.2) is 0 Å². The van der Waals surface area contributed by atoms with E-state index in [0.717, 1.165) is 27.8 Å². The highest BCUT2D eigenvalue weighted by Crippen LogP contribution is 2.21. The molecule has 0 atom stereocenters. The van der Waals surface area contributed by atoms with Crippen molar-refractivity contribution in [1.82, 2.24) is 4.40 Å². The third-order valence-corrected chi connectivity index (χ3v) is 6.17. The van der Waals surface area contributed by atoms with E-state index in [1.165, 1.54) is 0 Å². The summed E-state index contributed by atoms with van der Waals surface area (Å²) in [6.07, 6.45) is 2.01. The van der Waals surface area contributed by atoms with E-state index < -0.39 is 10.1 Å². The van der Waals surface area contributed by atoms with E-state index in [9.17, 15) is 13.0 Å². The monoisotopic (exact) mass is 431 g/mol. The van der Waals surface area contributed by atoms with Gasteiger partial charge in [-0.05, 0) is 56.2 Å². The number of hydrogen-bond acceptors (Lipinski definition) is 4. The molecule has 29 heavy (non-hydrogen) atoms. The number of rotatable bonds is 1. The molecule has 2 heterocycles.